The first-order valence-corrected chi connectivity index (χ1v) is 10.8. The minimum atomic E-state index is -0.156. The number of aromatic hydroxyl groups is 1. The predicted octanol–water partition coefficient (Wildman–Crippen LogP) is 3.97. The largest absolute Gasteiger partial charge is 0.494 e. The summed E-state index contributed by atoms with van der Waals surface area (Å²) in [5, 5.41) is 14.4. The number of Topliss-reactive ketones (excluding diaryl/α,β-unsaturated/α-hetero) is 1. The Morgan fingerprint density at radius 2 is 1.84 bits per heavy atom. The monoisotopic (exact) mass is 432 g/mol. The Kier molecular flexibility index (Phi) is 6.10. The van der Waals surface area contributed by atoms with Gasteiger partial charge in [0, 0.05) is 34.6 Å². The highest BCUT2D eigenvalue weighted by molar-refractivity contribution is 6.22. The molecule has 2 heterocycles. The Morgan fingerprint density at radius 1 is 1.09 bits per heavy atom. The lowest BCUT2D eigenvalue weighted by molar-refractivity contribution is -0.114. The molecule has 7 nitrogen and oxygen atoms in total. The minimum Gasteiger partial charge on any atom is -0.494 e. The van der Waals surface area contributed by atoms with Crippen LogP contribution in [0.1, 0.15) is 48.2 Å². The summed E-state index contributed by atoms with van der Waals surface area (Å²) >= 11 is 0. The van der Waals surface area contributed by atoms with Gasteiger partial charge in [-0.05, 0) is 70.2 Å². The fourth-order valence-electron chi connectivity index (χ4n) is 4.17. The summed E-state index contributed by atoms with van der Waals surface area (Å²) in [5.41, 5.74) is 3.98. The molecular formula is C25H28N4O3. The SMILES string of the molecule is CC(=O)Nc1cccc(C(=NC2CCN(C)CC2)c2c(O)[nH]c3ccc(C(C)=O)cc23)c1. The maximum absolute atomic E-state index is 12.0. The van der Waals surface area contributed by atoms with Crippen LogP contribution in [0, 0.1) is 0 Å². The number of hydrogen-bond acceptors (Lipinski definition) is 5. The number of anilines is 1. The molecule has 2 aromatic carbocycles. The van der Waals surface area contributed by atoms with E-state index in [1.807, 2.05) is 24.3 Å². The first-order valence-electron chi connectivity index (χ1n) is 10.8. The Balaban J connectivity index is 1.89. The van der Waals surface area contributed by atoms with E-state index in [2.05, 4.69) is 22.2 Å². The average molecular weight is 433 g/mol. The van der Waals surface area contributed by atoms with Crippen molar-refractivity contribution in [3.8, 4) is 5.88 Å². The van der Waals surface area contributed by atoms with Gasteiger partial charge >= 0.3 is 0 Å². The van der Waals surface area contributed by atoms with E-state index in [1.165, 1.54) is 13.8 Å². The molecule has 0 radical (unpaired) electrons. The summed E-state index contributed by atoms with van der Waals surface area (Å²) < 4.78 is 0. The molecule has 1 aromatic heterocycles. The van der Waals surface area contributed by atoms with Gasteiger partial charge in [-0.1, -0.05) is 12.1 Å². The molecule has 7 heteroatoms. The van der Waals surface area contributed by atoms with Crippen LogP contribution in [0.15, 0.2) is 47.5 Å². The van der Waals surface area contributed by atoms with Crippen LogP contribution in [0.3, 0.4) is 0 Å². The van der Waals surface area contributed by atoms with Crippen molar-refractivity contribution in [2.45, 2.75) is 32.7 Å². The van der Waals surface area contributed by atoms with Gasteiger partial charge in [-0.25, -0.2) is 0 Å². The molecule has 1 aliphatic heterocycles. The van der Waals surface area contributed by atoms with Gasteiger partial charge < -0.3 is 20.3 Å². The topological polar surface area (TPSA) is 97.8 Å². The lowest BCUT2D eigenvalue weighted by Crippen LogP contribution is -2.32. The highest BCUT2D eigenvalue weighted by Crippen LogP contribution is 2.32. The number of amides is 1. The van der Waals surface area contributed by atoms with Crippen molar-refractivity contribution in [3.63, 3.8) is 0 Å². The van der Waals surface area contributed by atoms with Crippen LogP contribution in [0.4, 0.5) is 5.69 Å². The van der Waals surface area contributed by atoms with Crippen LogP contribution in [0.25, 0.3) is 10.9 Å². The third-order valence-electron chi connectivity index (χ3n) is 5.88. The molecule has 0 atom stereocenters. The number of hydrogen-bond donors (Lipinski definition) is 3. The van der Waals surface area contributed by atoms with Crippen molar-refractivity contribution >= 4 is 34.0 Å². The maximum atomic E-state index is 12.0. The zero-order chi connectivity index (χ0) is 22.8. The van der Waals surface area contributed by atoms with E-state index >= 15 is 0 Å². The number of ketones is 1. The smallest absolute Gasteiger partial charge is 0.221 e. The third kappa shape index (κ3) is 4.57. The number of carbonyl (C=O) groups excluding carboxylic acids is 2. The Labute approximate surface area is 187 Å². The van der Waals surface area contributed by atoms with E-state index < -0.39 is 0 Å². The summed E-state index contributed by atoms with van der Waals surface area (Å²) in [6, 6.07) is 12.9. The van der Waals surface area contributed by atoms with E-state index in [0.29, 0.717) is 22.5 Å². The number of nitrogens with zero attached hydrogens (tertiary/aromatic N) is 2. The number of H-pyrrole nitrogens is 1. The summed E-state index contributed by atoms with van der Waals surface area (Å²) in [7, 11) is 2.10. The van der Waals surface area contributed by atoms with Gasteiger partial charge in [-0.3, -0.25) is 14.6 Å². The van der Waals surface area contributed by atoms with Crippen LogP contribution in [-0.4, -0.2) is 58.6 Å². The standard InChI is InChI=1S/C25H28N4O3/c1-15(30)17-7-8-22-21(14-17)23(25(32)28-22)24(27-19-9-11-29(3)12-10-19)18-5-4-6-20(13-18)26-16(2)31/h4-8,13-14,19,28,32H,9-12H2,1-3H3,(H,26,31). The second-order valence-electron chi connectivity index (χ2n) is 8.44. The van der Waals surface area contributed by atoms with Crippen molar-refractivity contribution < 1.29 is 14.7 Å². The molecule has 1 fully saturated rings. The molecule has 0 bridgehead atoms. The number of benzene rings is 2. The molecule has 0 spiro atoms. The molecule has 0 unspecified atom stereocenters. The molecule has 4 rings (SSSR count). The van der Waals surface area contributed by atoms with Crippen molar-refractivity contribution in [1.82, 2.24) is 9.88 Å². The highest BCUT2D eigenvalue weighted by atomic mass is 16.3. The van der Waals surface area contributed by atoms with Crippen LogP contribution in [-0.2, 0) is 4.79 Å². The van der Waals surface area contributed by atoms with Crippen molar-refractivity contribution in [2.24, 2.45) is 4.99 Å². The Hall–Kier alpha value is -3.45. The number of rotatable bonds is 5. The molecule has 0 aliphatic carbocycles. The van der Waals surface area contributed by atoms with E-state index in [-0.39, 0.29) is 23.6 Å². The fourth-order valence-corrected chi connectivity index (χ4v) is 4.17. The molecular weight excluding hydrogens is 404 g/mol. The van der Waals surface area contributed by atoms with Crippen LogP contribution in [0.2, 0.25) is 0 Å². The molecule has 3 N–H and O–H groups in total. The summed E-state index contributed by atoms with van der Waals surface area (Å²) in [5.74, 6) is -0.186. The van der Waals surface area contributed by atoms with Gasteiger partial charge in [0.25, 0.3) is 0 Å². The molecule has 3 aromatic rings. The second kappa shape index (κ2) is 8.96. The molecule has 166 valence electrons. The Morgan fingerprint density at radius 3 is 2.53 bits per heavy atom. The normalized spacial score (nSPS) is 15.8. The number of aromatic nitrogens is 1. The number of piperidine rings is 1. The lowest BCUT2D eigenvalue weighted by Gasteiger charge is -2.27. The van der Waals surface area contributed by atoms with Gasteiger partial charge in [-0.15, -0.1) is 0 Å². The molecule has 1 saturated heterocycles. The third-order valence-corrected chi connectivity index (χ3v) is 5.88. The summed E-state index contributed by atoms with van der Waals surface area (Å²) in [6.07, 6.45) is 1.85. The molecule has 1 amide bonds. The van der Waals surface area contributed by atoms with Gasteiger partial charge in [0.2, 0.25) is 5.91 Å². The van der Waals surface area contributed by atoms with E-state index in [1.54, 1.807) is 18.2 Å². The van der Waals surface area contributed by atoms with Crippen molar-refractivity contribution in [1.29, 1.82) is 0 Å². The molecule has 1 aliphatic rings. The van der Waals surface area contributed by atoms with Crippen LogP contribution >= 0.6 is 0 Å². The fraction of sp³-hybridized carbons (Fsp3) is 0.320. The Bertz CT molecular complexity index is 1200. The molecule has 0 saturated carbocycles. The first-order chi connectivity index (χ1) is 15.3. The number of likely N-dealkylation sites (tertiary alicyclic amines) is 1. The zero-order valence-corrected chi connectivity index (χ0v) is 18.6. The summed E-state index contributed by atoms with van der Waals surface area (Å²) in [6.45, 7) is 4.91. The number of fused-ring (bicyclic) bond motifs is 1. The van der Waals surface area contributed by atoms with E-state index in [0.717, 1.165) is 42.4 Å². The number of nitrogens with one attached hydrogen (secondary N) is 2. The summed E-state index contributed by atoms with van der Waals surface area (Å²) in [4.78, 5) is 34.0. The molecule has 32 heavy (non-hydrogen) atoms. The first kappa shape index (κ1) is 21.8. The van der Waals surface area contributed by atoms with Gasteiger partial charge in [-0.2, -0.15) is 0 Å². The van der Waals surface area contributed by atoms with Gasteiger partial charge in [0.1, 0.15) is 0 Å². The number of carbonyl (C=O) groups is 2. The average Bonchev–Trinajstić information content (AvgIpc) is 3.08. The van der Waals surface area contributed by atoms with Crippen molar-refractivity contribution in [2.75, 3.05) is 25.5 Å². The highest BCUT2D eigenvalue weighted by Gasteiger charge is 2.23. The van der Waals surface area contributed by atoms with Gasteiger partial charge in [0.05, 0.1) is 17.3 Å². The number of aromatic amines is 1. The van der Waals surface area contributed by atoms with Gasteiger partial charge in [0.15, 0.2) is 11.7 Å². The maximum Gasteiger partial charge on any atom is 0.221 e. The lowest BCUT2D eigenvalue weighted by atomic mass is 9.97. The van der Waals surface area contributed by atoms with E-state index in [4.69, 9.17) is 4.99 Å². The van der Waals surface area contributed by atoms with Crippen LogP contribution < -0.4 is 5.32 Å². The van der Waals surface area contributed by atoms with E-state index in [9.17, 15) is 14.7 Å². The zero-order valence-electron chi connectivity index (χ0n) is 18.6. The second-order valence-corrected chi connectivity index (χ2v) is 8.44. The van der Waals surface area contributed by atoms with Crippen LogP contribution in [0.5, 0.6) is 5.88 Å². The quantitative estimate of drug-likeness (QED) is 0.420. The predicted molar refractivity (Wildman–Crippen MR) is 127 cm³/mol. The van der Waals surface area contributed by atoms with Crippen molar-refractivity contribution in [3.05, 3.63) is 59.2 Å². The number of aliphatic imine (C=N–C) groups is 1. The minimum absolute atomic E-state index is 0.0114.